The van der Waals surface area contributed by atoms with Gasteiger partial charge >= 0.3 is 0 Å². The molecule has 2 N–H and O–H groups in total. The van der Waals surface area contributed by atoms with E-state index >= 15 is 0 Å². The molecule has 8 heteroatoms. The second-order valence-corrected chi connectivity index (χ2v) is 6.91. The van der Waals surface area contributed by atoms with Gasteiger partial charge in [0.05, 0.1) is 13.2 Å². The van der Waals surface area contributed by atoms with Gasteiger partial charge in [-0.05, 0) is 61.9 Å². The Morgan fingerprint density at radius 3 is 2.60 bits per heavy atom. The number of carbonyl (C=O) groups excluding carboxylic acids is 1. The summed E-state index contributed by atoms with van der Waals surface area (Å²) < 4.78 is 13.0. The van der Waals surface area contributed by atoms with Crippen LogP contribution in [0.5, 0.6) is 17.2 Å². The average molecular weight is 429 g/mol. The highest BCUT2D eigenvalue weighted by Gasteiger charge is 2.17. The lowest BCUT2D eigenvalue weighted by Crippen LogP contribution is -2.32. The minimum absolute atomic E-state index is 0. The maximum Gasteiger partial charge on any atom is 0.276 e. The molecular weight excluding hydrogens is 404 g/mol. The number of methoxy groups -OCH3 is 1. The van der Waals surface area contributed by atoms with Crippen molar-refractivity contribution in [3.05, 3.63) is 66.5 Å². The lowest BCUT2D eigenvalue weighted by Gasteiger charge is -2.22. The molecule has 1 saturated heterocycles. The van der Waals surface area contributed by atoms with Crippen molar-refractivity contribution in [2.24, 2.45) is 0 Å². The Bertz CT molecular complexity index is 969. The van der Waals surface area contributed by atoms with Crippen LogP contribution in [-0.2, 0) is 0 Å². The Morgan fingerprint density at radius 1 is 1.13 bits per heavy atom. The number of hydrogen-bond donors (Lipinski definition) is 2. The zero-order valence-electron chi connectivity index (χ0n) is 16.7. The van der Waals surface area contributed by atoms with Crippen molar-refractivity contribution >= 4 is 24.0 Å². The smallest absolute Gasteiger partial charge is 0.276 e. The van der Waals surface area contributed by atoms with Crippen LogP contribution in [0.15, 0.2) is 60.8 Å². The van der Waals surface area contributed by atoms with E-state index in [4.69, 9.17) is 9.47 Å². The number of halogens is 1. The maximum atomic E-state index is 12.5. The number of para-hydroxylation sites is 2. The van der Waals surface area contributed by atoms with Gasteiger partial charge in [-0.25, -0.2) is 0 Å². The number of nitrogens with zero attached hydrogens (tertiary/aromatic N) is 2. The zero-order chi connectivity index (χ0) is 20.1. The molecule has 1 atom stereocenters. The molecule has 2 heterocycles. The molecule has 7 nitrogen and oxygen atoms in total. The summed E-state index contributed by atoms with van der Waals surface area (Å²) >= 11 is 0. The number of amides is 1. The van der Waals surface area contributed by atoms with Gasteiger partial charge in [-0.1, -0.05) is 12.1 Å². The Labute approximate surface area is 181 Å². The third-order valence-corrected chi connectivity index (χ3v) is 4.90. The molecule has 4 rings (SSSR count). The number of piperidine rings is 1. The first kappa shape index (κ1) is 21.7. The van der Waals surface area contributed by atoms with Crippen LogP contribution in [0.1, 0.15) is 29.4 Å². The van der Waals surface area contributed by atoms with Crippen LogP contribution in [0.2, 0.25) is 0 Å². The highest BCUT2D eigenvalue weighted by molar-refractivity contribution is 6.02. The largest absolute Gasteiger partial charge is 0.493 e. The number of nitrogens with one attached hydrogen (secondary N) is 2. The van der Waals surface area contributed by atoms with E-state index in [-0.39, 0.29) is 18.3 Å². The van der Waals surface area contributed by atoms with Gasteiger partial charge in [-0.2, -0.15) is 5.10 Å². The molecule has 1 aliphatic rings. The summed E-state index contributed by atoms with van der Waals surface area (Å²) in [6.45, 7) is 1.93. The summed E-state index contributed by atoms with van der Waals surface area (Å²) in [6, 6.07) is 16.7. The van der Waals surface area contributed by atoms with E-state index in [1.807, 2.05) is 35.1 Å². The van der Waals surface area contributed by atoms with E-state index in [1.54, 1.807) is 37.4 Å². The SMILES string of the molecule is COc1ccccc1Oc1ccc(NC(=O)c2ccn(C3CCCNC3)n2)cc1.Cl. The molecule has 0 radical (unpaired) electrons. The lowest BCUT2D eigenvalue weighted by atomic mass is 10.1. The molecular formula is C22H25ClN4O3. The van der Waals surface area contributed by atoms with Crippen LogP contribution >= 0.6 is 12.4 Å². The Hall–Kier alpha value is -3.03. The monoisotopic (exact) mass is 428 g/mol. The molecule has 3 aromatic rings. The molecule has 1 aromatic heterocycles. The molecule has 0 spiro atoms. The summed E-state index contributed by atoms with van der Waals surface area (Å²) in [5.74, 6) is 1.72. The highest BCUT2D eigenvalue weighted by Crippen LogP contribution is 2.31. The predicted octanol–water partition coefficient (Wildman–Crippen LogP) is 4.28. The topological polar surface area (TPSA) is 77.4 Å². The molecule has 1 amide bonds. The van der Waals surface area contributed by atoms with Crippen LogP contribution in [0.4, 0.5) is 5.69 Å². The van der Waals surface area contributed by atoms with E-state index in [1.165, 1.54) is 0 Å². The van der Waals surface area contributed by atoms with E-state index in [9.17, 15) is 4.79 Å². The summed E-state index contributed by atoms with van der Waals surface area (Å²) in [5.41, 5.74) is 1.08. The van der Waals surface area contributed by atoms with Crippen LogP contribution in [0, 0.1) is 0 Å². The maximum absolute atomic E-state index is 12.5. The second kappa shape index (κ2) is 10.1. The van der Waals surface area contributed by atoms with Crippen molar-refractivity contribution in [3.8, 4) is 17.2 Å². The van der Waals surface area contributed by atoms with Gasteiger partial charge < -0.3 is 20.1 Å². The normalized spacial score (nSPS) is 15.7. The van der Waals surface area contributed by atoms with E-state index in [2.05, 4.69) is 15.7 Å². The number of benzene rings is 2. The number of hydrogen-bond acceptors (Lipinski definition) is 5. The van der Waals surface area contributed by atoms with Gasteiger partial charge in [-0.3, -0.25) is 9.48 Å². The zero-order valence-corrected chi connectivity index (χ0v) is 17.5. The van der Waals surface area contributed by atoms with E-state index in [0.29, 0.717) is 34.7 Å². The lowest BCUT2D eigenvalue weighted by molar-refractivity contribution is 0.102. The number of anilines is 1. The summed E-state index contributed by atoms with van der Waals surface area (Å²) in [4.78, 5) is 12.5. The van der Waals surface area contributed by atoms with Gasteiger partial charge in [-0.15, -0.1) is 12.4 Å². The van der Waals surface area contributed by atoms with Crippen molar-refractivity contribution in [1.82, 2.24) is 15.1 Å². The van der Waals surface area contributed by atoms with E-state index in [0.717, 1.165) is 25.9 Å². The third kappa shape index (κ3) is 5.11. The second-order valence-electron chi connectivity index (χ2n) is 6.91. The first-order valence-electron chi connectivity index (χ1n) is 9.71. The van der Waals surface area contributed by atoms with E-state index < -0.39 is 0 Å². The first-order chi connectivity index (χ1) is 14.2. The van der Waals surface area contributed by atoms with Crippen molar-refractivity contribution in [2.75, 3.05) is 25.5 Å². The molecule has 30 heavy (non-hydrogen) atoms. The van der Waals surface area contributed by atoms with Crippen LogP contribution in [0.25, 0.3) is 0 Å². The van der Waals surface area contributed by atoms with Gasteiger partial charge in [0, 0.05) is 18.4 Å². The molecule has 1 unspecified atom stereocenters. The molecule has 1 fully saturated rings. The van der Waals surface area contributed by atoms with Crippen molar-refractivity contribution in [2.45, 2.75) is 18.9 Å². The number of carbonyl (C=O) groups is 1. The molecule has 2 aromatic carbocycles. The molecule has 0 bridgehead atoms. The Balaban J connectivity index is 0.00000256. The number of aromatic nitrogens is 2. The van der Waals surface area contributed by atoms with Gasteiger partial charge in [0.15, 0.2) is 17.2 Å². The first-order valence-corrected chi connectivity index (χ1v) is 9.71. The molecule has 0 saturated carbocycles. The Kier molecular flexibility index (Phi) is 7.32. The van der Waals surface area contributed by atoms with Gasteiger partial charge in [0.25, 0.3) is 5.91 Å². The van der Waals surface area contributed by atoms with Crippen molar-refractivity contribution in [3.63, 3.8) is 0 Å². The predicted molar refractivity (Wildman–Crippen MR) is 118 cm³/mol. The molecule has 0 aliphatic carbocycles. The van der Waals surface area contributed by atoms with Crippen LogP contribution in [-0.4, -0.2) is 35.9 Å². The third-order valence-electron chi connectivity index (χ3n) is 4.90. The number of ether oxygens (including phenoxy) is 2. The Morgan fingerprint density at radius 2 is 1.90 bits per heavy atom. The van der Waals surface area contributed by atoms with Gasteiger partial charge in [0.2, 0.25) is 0 Å². The van der Waals surface area contributed by atoms with Crippen molar-refractivity contribution < 1.29 is 14.3 Å². The molecule has 158 valence electrons. The fraction of sp³-hybridized carbons (Fsp3) is 0.273. The molecule has 1 aliphatic heterocycles. The van der Waals surface area contributed by atoms with Crippen LogP contribution in [0.3, 0.4) is 0 Å². The quantitative estimate of drug-likeness (QED) is 0.612. The van der Waals surface area contributed by atoms with Crippen LogP contribution < -0.4 is 20.1 Å². The summed E-state index contributed by atoms with van der Waals surface area (Å²) in [6.07, 6.45) is 4.06. The van der Waals surface area contributed by atoms with Gasteiger partial charge in [0.1, 0.15) is 5.75 Å². The summed E-state index contributed by atoms with van der Waals surface area (Å²) in [5, 5.41) is 10.7. The van der Waals surface area contributed by atoms with Crippen molar-refractivity contribution in [1.29, 1.82) is 0 Å². The minimum Gasteiger partial charge on any atom is -0.493 e. The highest BCUT2D eigenvalue weighted by atomic mass is 35.5. The fourth-order valence-electron chi connectivity index (χ4n) is 3.35. The number of rotatable bonds is 6. The summed E-state index contributed by atoms with van der Waals surface area (Å²) in [7, 11) is 1.60. The minimum atomic E-state index is -0.231. The fourth-order valence-corrected chi connectivity index (χ4v) is 3.35. The standard InChI is InChI=1S/C22H24N4O3.ClH/c1-28-20-6-2-3-7-21(20)29-18-10-8-16(9-11-18)24-22(27)19-12-14-26(25-19)17-5-4-13-23-15-17;/h2-3,6-12,14,17,23H,4-5,13,15H2,1H3,(H,24,27);1H. The average Bonchev–Trinajstić information content (AvgIpc) is 3.27.